The Kier molecular flexibility index (Phi) is 6.54. The lowest BCUT2D eigenvalue weighted by Crippen LogP contribution is -2.11. The largest absolute Gasteiger partial charge is 0.497 e. The number of methoxy groups -OCH3 is 3. The van der Waals surface area contributed by atoms with Crippen molar-refractivity contribution >= 4 is 5.78 Å². The van der Waals surface area contributed by atoms with Crippen LogP contribution in [0.5, 0.6) is 23.0 Å². The third-order valence-electron chi connectivity index (χ3n) is 4.95. The molecule has 0 saturated carbocycles. The van der Waals surface area contributed by atoms with Crippen LogP contribution in [0.2, 0.25) is 0 Å². The van der Waals surface area contributed by atoms with E-state index in [1.54, 1.807) is 82.0 Å². The highest BCUT2D eigenvalue weighted by atomic mass is 16.5. The Balaban J connectivity index is 1.41. The van der Waals surface area contributed by atoms with Crippen molar-refractivity contribution in [1.29, 1.82) is 0 Å². The number of benzene rings is 3. The monoisotopic (exact) mass is 446 g/mol. The molecule has 8 nitrogen and oxygen atoms in total. The summed E-state index contributed by atoms with van der Waals surface area (Å²) in [5, 5.41) is 4.06. The molecule has 168 valence electrons. The maximum Gasteiger partial charge on any atom is 0.258 e. The Labute approximate surface area is 190 Å². The lowest BCUT2D eigenvalue weighted by Gasteiger charge is -2.07. The topological polar surface area (TPSA) is 92.9 Å². The van der Waals surface area contributed by atoms with E-state index in [0.29, 0.717) is 45.8 Å². The number of aromatic nitrogens is 2. The summed E-state index contributed by atoms with van der Waals surface area (Å²) in [6.07, 6.45) is 0. The first kappa shape index (κ1) is 21.9. The van der Waals surface area contributed by atoms with Crippen LogP contribution in [-0.2, 0) is 0 Å². The maximum atomic E-state index is 12.3. The van der Waals surface area contributed by atoms with Crippen LogP contribution in [-0.4, -0.2) is 43.9 Å². The first-order valence-electron chi connectivity index (χ1n) is 10.1. The zero-order valence-electron chi connectivity index (χ0n) is 18.4. The van der Waals surface area contributed by atoms with Crippen LogP contribution in [0.3, 0.4) is 0 Å². The summed E-state index contributed by atoms with van der Waals surface area (Å²) >= 11 is 0. The fourth-order valence-electron chi connectivity index (χ4n) is 3.14. The lowest BCUT2D eigenvalue weighted by atomic mass is 10.1. The molecule has 0 amide bonds. The molecule has 1 aromatic heterocycles. The fourth-order valence-corrected chi connectivity index (χ4v) is 3.14. The van der Waals surface area contributed by atoms with Gasteiger partial charge in [0.25, 0.3) is 5.89 Å². The molecule has 33 heavy (non-hydrogen) atoms. The van der Waals surface area contributed by atoms with Crippen molar-refractivity contribution in [3.8, 4) is 45.8 Å². The van der Waals surface area contributed by atoms with E-state index < -0.39 is 0 Å². The van der Waals surface area contributed by atoms with E-state index in [1.807, 2.05) is 6.07 Å². The van der Waals surface area contributed by atoms with Crippen molar-refractivity contribution in [2.24, 2.45) is 0 Å². The van der Waals surface area contributed by atoms with Gasteiger partial charge in [-0.1, -0.05) is 5.16 Å². The molecule has 0 atom stereocenters. The van der Waals surface area contributed by atoms with Gasteiger partial charge in [0.2, 0.25) is 5.82 Å². The van der Waals surface area contributed by atoms with Crippen LogP contribution < -0.4 is 18.9 Å². The molecule has 1 heterocycles. The molecule has 0 fully saturated rings. The highest BCUT2D eigenvalue weighted by Gasteiger charge is 2.14. The molecule has 0 unspecified atom stereocenters. The van der Waals surface area contributed by atoms with Crippen LogP contribution >= 0.6 is 0 Å². The zero-order chi connectivity index (χ0) is 23.2. The summed E-state index contributed by atoms with van der Waals surface area (Å²) < 4.78 is 26.7. The van der Waals surface area contributed by atoms with Gasteiger partial charge in [-0.3, -0.25) is 4.79 Å². The SMILES string of the molecule is COc1ccc(C(=O)COc2ccc(-c3noc(-c4ccc(OC)c(OC)c4)n3)cc2)cc1. The first-order valence-corrected chi connectivity index (χ1v) is 10.1. The number of rotatable bonds is 9. The Morgan fingerprint density at radius 1 is 0.788 bits per heavy atom. The molecule has 0 aliphatic carbocycles. The van der Waals surface area contributed by atoms with Crippen LogP contribution in [0, 0.1) is 0 Å². The van der Waals surface area contributed by atoms with Gasteiger partial charge in [-0.05, 0) is 66.7 Å². The lowest BCUT2D eigenvalue weighted by molar-refractivity contribution is 0.0921. The van der Waals surface area contributed by atoms with Crippen LogP contribution in [0.25, 0.3) is 22.8 Å². The molecule has 4 rings (SSSR count). The summed E-state index contributed by atoms with van der Waals surface area (Å²) in [6, 6.07) is 19.4. The minimum atomic E-state index is -0.126. The van der Waals surface area contributed by atoms with Crippen molar-refractivity contribution in [3.05, 3.63) is 72.3 Å². The number of carbonyl (C=O) groups is 1. The van der Waals surface area contributed by atoms with E-state index in [2.05, 4.69) is 10.1 Å². The molecule has 0 bridgehead atoms. The molecular weight excluding hydrogens is 424 g/mol. The number of hydrogen-bond donors (Lipinski definition) is 0. The van der Waals surface area contributed by atoms with Crippen molar-refractivity contribution in [2.45, 2.75) is 0 Å². The number of nitrogens with zero attached hydrogens (tertiary/aromatic N) is 2. The molecule has 0 spiro atoms. The third-order valence-corrected chi connectivity index (χ3v) is 4.95. The quantitative estimate of drug-likeness (QED) is 0.342. The Hall–Kier alpha value is -4.33. The van der Waals surface area contributed by atoms with Crippen LogP contribution in [0.1, 0.15) is 10.4 Å². The molecular formula is C25H22N2O6. The van der Waals surface area contributed by atoms with Gasteiger partial charge in [-0.25, -0.2) is 0 Å². The van der Waals surface area contributed by atoms with Gasteiger partial charge in [0.15, 0.2) is 23.9 Å². The summed E-state index contributed by atoms with van der Waals surface area (Å²) in [5.74, 6) is 3.10. The average molecular weight is 446 g/mol. The van der Waals surface area contributed by atoms with Crippen molar-refractivity contribution in [1.82, 2.24) is 10.1 Å². The number of ketones is 1. The van der Waals surface area contributed by atoms with Gasteiger partial charge >= 0.3 is 0 Å². The van der Waals surface area contributed by atoms with Crippen molar-refractivity contribution in [2.75, 3.05) is 27.9 Å². The fraction of sp³-hybridized carbons (Fsp3) is 0.160. The van der Waals surface area contributed by atoms with Crippen molar-refractivity contribution < 1.29 is 28.3 Å². The van der Waals surface area contributed by atoms with E-state index in [4.69, 9.17) is 23.5 Å². The average Bonchev–Trinajstić information content (AvgIpc) is 3.37. The van der Waals surface area contributed by atoms with Gasteiger partial charge in [0.05, 0.1) is 21.3 Å². The minimum Gasteiger partial charge on any atom is -0.497 e. The smallest absolute Gasteiger partial charge is 0.258 e. The molecule has 0 aliphatic heterocycles. The zero-order valence-corrected chi connectivity index (χ0v) is 18.4. The van der Waals surface area contributed by atoms with Crippen LogP contribution in [0.4, 0.5) is 0 Å². The molecule has 4 aromatic rings. The van der Waals surface area contributed by atoms with Gasteiger partial charge in [0.1, 0.15) is 11.5 Å². The summed E-state index contributed by atoms with van der Waals surface area (Å²) in [6.45, 7) is -0.0721. The summed E-state index contributed by atoms with van der Waals surface area (Å²) in [5.41, 5.74) is 2.02. The molecule has 0 radical (unpaired) electrons. The Morgan fingerprint density at radius 2 is 1.45 bits per heavy atom. The van der Waals surface area contributed by atoms with Gasteiger partial charge in [-0.15, -0.1) is 0 Å². The van der Waals surface area contributed by atoms with E-state index in [9.17, 15) is 4.79 Å². The highest BCUT2D eigenvalue weighted by Crippen LogP contribution is 2.32. The van der Waals surface area contributed by atoms with E-state index in [1.165, 1.54) is 0 Å². The van der Waals surface area contributed by atoms with Crippen LogP contribution in [0.15, 0.2) is 71.3 Å². The molecule has 0 aliphatic rings. The predicted octanol–water partition coefficient (Wildman–Crippen LogP) is 4.69. The number of carbonyl (C=O) groups excluding carboxylic acids is 1. The standard InChI is InChI=1S/C25H22N2O6/c1-29-19-9-4-16(5-10-19)21(28)15-32-20-11-6-17(7-12-20)24-26-25(33-27-24)18-8-13-22(30-2)23(14-18)31-3/h4-14H,15H2,1-3H3. The third kappa shape index (κ3) is 4.95. The first-order chi connectivity index (χ1) is 16.1. The predicted molar refractivity (Wildman–Crippen MR) is 121 cm³/mol. The van der Waals surface area contributed by atoms with Gasteiger partial charge < -0.3 is 23.5 Å². The van der Waals surface area contributed by atoms with Crippen molar-refractivity contribution in [3.63, 3.8) is 0 Å². The molecule has 3 aromatic carbocycles. The molecule has 0 N–H and O–H groups in total. The van der Waals surface area contributed by atoms with Gasteiger partial charge in [0, 0.05) is 16.7 Å². The normalized spacial score (nSPS) is 10.5. The second kappa shape index (κ2) is 9.86. The second-order valence-corrected chi connectivity index (χ2v) is 6.96. The number of Topliss-reactive ketones (excluding diaryl/α,β-unsaturated/α-hetero) is 1. The molecule has 8 heteroatoms. The Bertz CT molecular complexity index is 1230. The Morgan fingerprint density at radius 3 is 2.12 bits per heavy atom. The van der Waals surface area contributed by atoms with E-state index >= 15 is 0 Å². The van der Waals surface area contributed by atoms with E-state index in [-0.39, 0.29) is 12.4 Å². The minimum absolute atomic E-state index is 0.0721. The molecule has 0 saturated heterocycles. The highest BCUT2D eigenvalue weighted by molar-refractivity contribution is 5.97. The number of ether oxygens (including phenoxy) is 4. The summed E-state index contributed by atoms with van der Waals surface area (Å²) in [7, 11) is 4.72. The van der Waals surface area contributed by atoms with E-state index in [0.717, 1.165) is 5.56 Å². The summed E-state index contributed by atoms with van der Waals surface area (Å²) in [4.78, 5) is 16.8. The van der Waals surface area contributed by atoms with Gasteiger partial charge in [-0.2, -0.15) is 4.98 Å². The maximum absolute atomic E-state index is 12.3. The number of hydrogen-bond acceptors (Lipinski definition) is 8. The second-order valence-electron chi connectivity index (χ2n) is 6.96.